The number of hydrogen-bond acceptors (Lipinski definition) is 6. The molecule has 18 heavy (non-hydrogen) atoms. The number of ether oxygens (including phenoxy) is 2. The van der Waals surface area contributed by atoms with E-state index in [1.165, 1.54) is 0 Å². The van der Waals surface area contributed by atoms with Crippen LogP contribution in [0.25, 0.3) is 0 Å². The Morgan fingerprint density at radius 3 is 1.94 bits per heavy atom. The predicted molar refractivity (Wildman–Crippen MR) is 67.9 cm³/mol. The zero-order chi connectivity index (χ0) is 13.2. The van der Waals surface area contributed by atoms with Gasteiger partial charge in [0.25, 0.3) is 0 Å². The topological polar surface area (TPSA) is 60.4 Å². The molecule has 0 spiro atoms. The number of piperazine rings is 1. The van der Waals surface area contributed by atoms with Crippen LogP contribution in [0.1, 0.15) is 0 Å². The van der Waals surface area contributed by atoms with E-state index in [-0.39, 0.29) is 0 Å². The van der Waals surface area contributed by atoms with Gasteiger partial charge in [-0.2, -0.15) is 0 Å². The molecule has 100 valence electrons. The van der Waals surface area contributed by atoms with E-state index >= 15 is 0 Å². The summed E-state index contributed by atoms with van der Waals surface area (Å²) in [6.07, 6.45) is 0. The maximum absolute atomic E-state index is 5.09. The fraction of sp³-hybridized carbons (Fsp3) is 0.727. The monoisotopic (exact) mass is 254 g/mol. The zero-order valence-corrected chi connectivity index (χ0v) is 11.4. The molecule has 0 N–H and O–H groups in total. The Morgan fingerprint density at radius 2 is 1.50 bits per heavy atom. The summed E-state index contributed by atoms with van der Waals surface area (Å²) in [5, 5.41) is 0. The third kappa shape index (κ3) is 2.51. The molecule has 1 fully saturated rings. The van der Waals surface area contributed by atoms with Gasteiger partial charge in [0.2, 0.25) is 0 Å². The summed E-state index contributed by atoms with van der Waals surface area (Å²) < 4.78 is 10.9. The number of aromatic nitrogens is 3. The van der Waals surface area contributed by atoms with Gasteiger partial charge < -0.3 is 9.47 Å². The normalized spacial score (nSPS) is 19.6. The van der Waals surface area contributed by atoms with Crippen molar-refractivity contribution < 1.29 is 9.47 Å². The smallest absolute Gasteiger partial charge is 0.338 e. The standard InChI is InChI=1S/C11H20N5O2/c1-15-5-7-16(2,8-6-15)9-12-10(17-3)14-11(13-9)18-4/h5-8H2,1-4H3/q+1. The van der Waals surface area contributed by atoms with Crippen molar-refractivity contribution in [3.63, 3.8) is 0 Å². The third-order valence-electron chi connectivity index (χ3n) is 3.38. The summed E-state index contributed by atoms with van der Waals surface area (Å²) >= 11 is 0. The van der Waals surface area contributed by atoms with Crippen molar-refractivity contribution in [3.05, 3.63) is 0 Å². The highest BCUT2D eigenvalue weighted by molar-refractivity contribution is 5.28. The molecule has 0 radical (unpaired) electrons. The summed E-state index contributed by atoms with van der Waals surface area (Å²) in [6.45, 7) is 3.97. The van der Waals surface area contributed by atoms with E-state index in [4.69, 9.17) is 9.47 Å². The lowest BCUT2D eigenvalue weighted by Gasteiger charge is -2.38. The fourth-order valence-corrected chi connectivity index (χ4v) is 1.96. The van der Waals surface area contributed by atoms with E-state index in [1.54, 1.807) is 14.2 Å². The molecule has 1 aliphatic heterocycles. The van der Waals surface area contributed by atoms with E-state index in [0.717, 1.165) is 26.2 Å². The molecule has 0 amide bonds. The average molecular weight is 254 g/mol. The number of likely N-dealkylation sites (N-methyl/N-ethyl adjacent to an activating group) is 2. The molecular weight excluding hydrogens is 234 g/mol. The lowest BCUT2D eigenvalue weighted by Crippen LogP contribution is -2.58. The number of methoxy groups -OCH3 is 2. The van der Waals surface area contributed by atoms with Crippen molar-refractivity contribution in [3.8, 4) is 12.0 Å². The van der Waals surface area contributed by atoms with Gasteiger partial charge in [0.1, 0.15) is 0 Å². The van der Waals surface area contributed by atoms with Gasteiger partial charge in [0.15, 0.2) is 0 Å². The summed E-state index contributed by atoms with van der Waals surface area (Å²) in [4.78, 5) is 15.0. The average Bonchev–Trinajstić information content (AvgIpc) is 2.41. The molecule has 1 saturated heterocycles. The van der Waals surface area contributed by atoms with Crippen molar-refractivity contribution in [1.82, 2.24) is 24.3 Å². The molecule has 0 aliphatic carbocycles. The van der Waals surface area contributed by atoms with Crippen molar-refractivity contribution >= 4 is 5.95 Å². The minimum Gasteiger partial charge on any atom is -0.466 e. The van der Waals surface area contributed by atoms with Crippen LogP contribution in [-0.4, -0.2) is 74.3 Å². The summed E-state index contributed by atoms with van der Waals surface area (Å²) in [7, 11) is 7.34. The Balaban J connectivity index is 2.31. The lowest BCUT2D eigenvalue weighted by atomic mass is 10.3. The first-order valence-corrected chi connectivity index (χ1v) is 5.95. The molecule has 2 rings (SSSR count). The van der Waals surface area contributed by atoms with E-state index in [9.17, 15) is 0 Å². The highest BCUT2D eigenvalue weighted by atomic mass is 16.5. The second kappa shape index (κ2) is 5.03. The maximum Gasteiger partial charge on any atom is 0.338 e. The van der Waals surface area contributed by atoms with E-state index < -0.39 is 0 Å². The summed E-state index contributed by atoms with van der Waals surface area (Å²) in [6, 6.07) is 0.602. The van der Waals surface area contributed by atoms with Gasteiger partial charge >= 0.3 is 18.0 Å². The Labute approximate surface area is 107 Å². The lowest BCUT2D eigenvalue weighted by molar-refractivity contribution is 0.172. The number of rotatable bonds is 3. The molecule has 0 saturated carbocycles. The quantitative estimate of drug-likeness (QED) is 0.695. The molecule has 0 atom stereocenters. The Hall–Kier alpha value is -1.47. The summed E-state index contributed by atoms with van der Waals surface area (Å²) in [5.74, 6) is 0.701. The van der Waals surface area contributed by atoms with Crippen molar-refractivity contribution in [2.45, 2.75) is 0 Å². The zero-order valence-electron chi connectivity index (χ0n) is 11.4. The van der Waals surface area contributed by atoms with Crippen molar-refractivity contribution in [2.24, 2.45) is 0 Å². The van der Waals surface area contributed by atoms with Crippen molar-refractivity contribution in [2.75, 3.05) is 54.5 Å². The number of nitrogens with zero attached hydrogens (tertiary/aromatic N) is 5. The van der Waals surface area contributed by atoms with E-state index in [1.807, 2.05) is 0 Å². The van der Waals surface area contributed by atoms with Crippen LogP contribution in [0.3, 0.4) is 0 Å². The number of quaternary nitrogens is 1. The highest BCUT2D eigenvalue weighted by Crippen LogP contribution is 2.22. The molecule has 1 aromatic heterocycles. The minimum atomic E-state index is 0.301. The first-order chi connectivity index (χ1) is 8.57. The second-order valence-electron chi connectivity index (χ2n) is 4.76. The van der Waals surface area contributed by atoms with Gasteiger partial charge in [0, 0.05) is 13.1 Å². The number of hydrogen-bond donors (Lipinski definition) is 0. The second-order valence-corrected chi connectivity index (χ2v) is 4.76. The minimum absolute atomic E-state index is 0.301. The molecule has 0 aromatic carbocycles. The van der Waals surface area contributed by atoms with Crippen molar-refractivity contribution in [1.29, 1.82) is 0 Å². The summed E-state index contributed by atoms with van der Waals surface area (Å²) in [5.41, 5.74) is 0. The first-order valence-electron chi connectivity index (χ1n) is 5.95. The first kappa shape index (κ1) is 13.0. The highest BCUT2D eigenvalue weighted by Gasteiger charge is 2.34. The largest absolute Gasteiger partial charge is 0.466 e. The SMILES string of the molecule is COc1nc(OC)nc([N+]2(C)CCN(C)CC2)n1. The Bertz CT molecular complexity index is 396. The van der Waals surface area contributed by atoms with Gasteiger partial charge in [-0.15, -0.1) is 15.0 Å². The Kier molecular flexibility index (Phi) is 3.63. The van der Waals surface area contributed by atoms with Crippen LogP contribution in [-0.2, 0) is 0 Å². The molecule has 2 heterocycles. The van der Waals surface area contributed by atoms with Crippen LogP contribution in [0.2, 0.25) is 0 Å². The van der Waals surface area contributed by atoms with Crippen LogP contribution in [0.4, 0.5) is 5.95 Å². The predicted octanol–water partition coefficient (Wildman–Crippen LogP) is -0.229. The Morgan fingerprint density at radius 1 is 1.00 bits per heavy atom. The molecule has 1 aromatic rings. The maximum atomic E-state index is 5.09. The van der Waals surface area contributed by atoms with Gasteiger partial charge in [-0.3, -0.25) is 9.38 Å². The van der Waals surface area contributed by atoms with Gasteiger partial charge in [-0.25, -0.2) is 0 Å². The fourth-order valence-electron chi connectivity index (χ4n) is 1.96. The van der Waals surface area contributed by atoms with Crippen LogP contribution < -0.4 is 14.0 Å². The van der Waals surface area contributed by atoms with Crippen LogP contribution in [0.5, 0.6) is 12.0 Å². The van der Waals surface area contributed by atoms with E-state index in [2.05, 4.69) is 33.9 Å². The molecule has 1 aliphatic rings. The molecule has 0 bridgehead atoms. The van der Waals surface area contributed by atoms with E-state index in [0.29, 0.717) is 22.5 Å². The van der Waals surface area contributed by atoms with Gasteiger partial charge in [-0.05, 0) is 7.05 Å². The molecule has 0 unspecified atom stereocenters. The van der Waals surface area contributed by atoms with Crippen LogP contribution >= 0.6 is 0 Å². The van der Waals surface area contributed by atoms with Gasteiger partial charge in [0.05, 0.1) is 34.4 Å². The van der Waals surface area contributed by atoms with Gasteiger partial charge in [-0.1, -0.05) is 0 Å². The van der Waals surface area contributed by atoms with Crippen LogP contribution in [0.15, 0.2) is 0 Å². The molecule has 7 heteroatoms. The molecule has 7 nitrogen and oxygen atoms in total. The molecular formula is C11H20N5O2+. The third-order valence-corrected chi connectivity index (χ3v) is 3.38. The van der Waals surface area contributed by atoms with Crippen LogP contribution in [0, 0.1) is 0 Å².